The summed E-state index contributed by atoms with van der Waals surface area (Å²) in [6.07, 6.45) is 1.08. The van der Waals surface area contributed by atoms with Crippen LogP contribution >= 0.6 is 0 Å². The number of carbonyl (C=O) groups excluding carboxylic acids is 1. The van der Waals surface area contributed by atoms with Gasteiger partial charge in [-0.1, -0.05) is 23.8 Å². The van der Waals surface area contributed by atoms with E-state index in [0.717, 1.165) is 6.42 Å². The maximum atomic E-state index is 11.6. The molecule has 1 rings (SSSR count). The highest BCUT2D eigenvalue weighted by Gasteiger charge is 2.15. The van der Waals surface area contributed by atoms with Crippen molar-refractivity contribution in [2.24, 2.45) is 0 Å². The third-order valence-corrected chi connectivity index (χ3v) is 3.23. The molecule has 4 nitrogen and oxygen atoms in total. The first kappa shape index (κ1) is 16.7. The van der Waals surface area contributed by atoms with Crippen LogP contribution in [-0.4, -0.2) is 36.9 Å². The second-order valence-electron chi connectivity index (χ2n) is 5.02. The maximum absolute atomic E-state index is 11.6. The Morgan fingerprint density at radius 1 is 1.40 bits per heavy atom. The molecule has 0 aliphatic carbocycles. The van der Waals surface area contributed by atoms with E-state index in [-0.39, 0.29) is 18.6 Å². The standard InChI is InChI=1S/C16H25NO3/c1-4-20-16(19)11-15(17-7-8-18)10-14-9-12(2)5-6-13(14)3/h5-6,9,15,17-18H,4,7-8,10-11H2,1-3H3. The summed E-state index contributed by atoms with van der Waals surface area (Å²) < 4.78 is 5.00. The number of benzene rings is 1. The summed E-state index contributed by atoms with van der Waals surface area (Å²) in [7, 11) is 0. The van der Waals surface area contributed by atoms with Gasteiger partial charge in [0.15, 0.2) is 0 Å². The van der Waals surface area contributed by atoms with E-state index in [1.54, 1.807) is 6.92 Å². The molecule has 0 heterocycles. The van der Waals surface area contributed by atoms with E-state index in [0.29, 0.717) is 19.6 Å². The zero-order valence-corrected chi connectivity index (χ0v) is 12.6. The molecule has 0 saturated carbocycles. The van der Waals surface area contributed by atoms with E-state index in [1.807, 2.05) is 0 Å². The number of esters is 1. The maximum Gasteiger partial charge on any atom is 0.307 e. The van der Waals surface area contributed by atoms with Gasteiger partial charge in [0.1, 0.15) is 0 Å². The monoisotopic (exact) mass is 279 g/mol. The lowest BCUT2D eigenvalue weighted by atomic mass is 9.97. The normalized spacial score (nSPS) is 12.2. The van der Waals surface area contributed by atoms with Crippen LogP contribution in [0.5, 0.6) is 0 Å². The lowest BCUT2D eigenvalue weighted by Gasteiger charge is -2.19. The van der Waals surface area contributed by atoms with Crippen LogP contribution in [0, 0.1) is 13.8 Å². The number of aryl methyl sites for hydroxylation is 2. The Bertz CT molecular complexity index is 432. The average molecular weight is 279 g/mol. The van der Waals surface area contributed by atoms with Crippen molar-refractivity contribution in [2.75, 3.05) is 19.8 Å². The number of aliphatic hydroxyl groups excluding tert-OH is 1. The van der Waals surface area contributed by atoms with Crippen LogP contribution in [0.4, 0.5) is 0 Å². The number of hydrogen-bond acceptors (Lipinski definition) is 4. The molecule has 0 amide bonds. The number of nitrogens with one attached hydrogen (secondary N) is 1. The molecule has 2 N–H and O–H groups in total. The Hall–Kier alpha value is -1.39. The van der Waals surface area contributed by atoms with Gasteiger partial charge in [-0.2, -0.15) is 0 Å². The third kappa shape index (κ3) is 5.72. The highest BCUT2D eigenvalue weighted by Crippen LogP contribution is 2.14. The van der Waals surface area contributed by atoms with Crippen molar-refractivity contribution >= 4 is 5.97 Å². The minimum absolute atomic E-state index is 0.0123. The molecule has 1 unspecified atom stereocenters. The van der Waals surface area contributed by atoms with Gasteiger partial charge >= 0.3 is 5.97 Å². The van der Waals surface area contributed by atoms with E-state index in [9.17, 15) is 4.79 Å². The van der Waals surface area contributed by atoms with Gasteiger partial charge in [0, 0.05) is 12.6 Å². The molecule has 0 radical (unpaired) electrons. The van der Waals surface area contributed by atoms with Gasteiger partial charge in [-0.05, 0) is 38.3 Å². The van der Waals surface area contributed by atoms with Crippen LogP contribution in [0.1, 0.15) is 30.0 Å². The van der Waals surface area contributed by atoms with Gasteiger partial charge in [-0.25, -0.2) is 0 Å². The number of aliphatic hydroxyl groups is 1. The summed E-state index contributed by atoms with van der Waals surface area (Å²) in [5.41, 5.74) is 3.66. The second kappa shape index (κ2) is 8.72. The van der Waals surface area contributed by atoms with Gasteiger partial charge in [-0.3, -0.25) is 4.79 Å². The van der Waals surface area contributed by atoms with Gasteiger partial charge in [-0.15, -0.1) is 0 Å². The molecular formula is C16H25NO3. The Kier molecular flexibility index (Phi) is 7.26. The minimum Gasteiger partial charge on any atom is -0.466 e. The van der Waals surface area contributed by atoms with Gasteiger partial charge < -0.3 is 15.2 Å². The lowest BCUT2D eigenvalue weighted by molar-refractivity contribution is -0.143. The predicted molar refractivity (Wildman–Crippen MR) is 79.7 cm³/mol. The molecule has 0 spiro atoms. The minimum atomic E-state index is -0.201. The van der Waals surface area contributed by atoms with E-state index in [4.69, 9.17) is 9.84 Å². The van der Waals surface area contributed by atoms with E-state index < -0.39 is 0 Å². The molecule has 0 fully saturated rings. The van der Waals surface area contributed by atoms with Crippen molar-refractivity contribution in [1.29, 1.82) is 0 Å². The molecule has 112 valence electrons. The SMILES string of the molecule is CCOC(=O)CC(Cc1cc(C)ccc1C)NCCO. The van der Waals surface area contributed by atoms with Crippen LogP contribution in [0.25, 0.3) is 0 Å². The van der Waals surface area contributed by atoms with Gasteiger partial charge in [0.25, 0.3) is 0 Å². The van der Waals surface area contributed by atoms with Crippen molar-refractivity contribution in [3.05, 3.63) is 34.9 Å². The molecule has 0 bridgehead atoms. The smallest absolute Gasteiger partial charge is 0.307 e. The van der Waals surface area contributed by atoms with Gasteiger partial charge in [0.05, 0.1) is 19.6 Å². The predicted octanol–water partition coefficient (Wildman–Crippen LogP) is 1.75. The fourth-order valence-corrected chi connectivity index (χ4v) is 2.19. The summed E-state index contributed by atoms with van der Waals surface area (Å²) in [6.45, 7) is 6.88. The molecule has 0 aliphatic heterocycles. The number of carbonyl (C=O) groups is 1. The summed E-state index contributed by atoms with van der Waals surface area (Å²) in [5.74, 6) is -0.201. The molecule has 0 saturated heterocycles. The Balaban J connectivity index is 2.72. The average Bonchev–Trinajstić information content (AvgIpc) is 2.40. The number of hydrogen-bond donors (Lipinski definition) is 2. The molecular weight excluding hydrogens is 254 g/mol. The molecule has 4 heteroatoms. The Morgan fingerprint density at radius 3 is 2.80 bits per heavy atom. The molecule has 1 atom stereocenters. The Morgan fingerprint density at radius 2 is 2.15 bits per heavy atom. The van der Waals surface area contributed by atoms with Crippen LogP contribution in [0.15, 0.2) is 18.2 Å². The molecule has 0 aliphatic rings. The molecule has 1 aromatic rings. The highest BCUT2D eigenvalue weighted by atomic mass is 16.5. The van der Waals surface area contributed by atoms with Crippen LogP contribution < -0.4 is 5.32 Å². The summed E-state index contributed by atoms with van der Waals surface area (Å²) in [5, 5.41) is 12.1. The lowest BCUT2D eigenvalue weighted by Crippen LogP contribution is -2.36. The quantitative estimate of drug-likeness (QED) is 0.712. The summed E-state index contributed by atoms with van der Waals surface area (Å²) in [4.78, 5) is 11.6. The zero-order valence-electron chi connectivity index (χ0n) is 12.6. The first-order chi connectivity index (χ1) is 9.56. The highest BCUT2D eigenvalue weighted by molar-refractivity contribution is 5.70. The summed E-state index contributed by atoms with van der Waals surface area (Å²) in [6, 6.07) is 6.31. The first-order valence-electron chi connectivity index (χ1n) is 7.12. The summed E-state index contributed by atoms with van der Waals surface area (Å²) >= 11 is 0. The largest absolute Gasteiger partial charge is 0.466 e. The Labute approximate surface area is 121 Å². The van der Waals surface area contributed by atoms with E-state index in [2.05, 4.69) is 37.4 Å². The van der Waals surface area contributed by atoms with Crippen molar-refractivity contribution in [1.82, 2.24) is 5.32 Å². The second-order valence-corrected chi connectivity index (χ2v) is 5.02. The fraction of sp³-hybridized carbons (Fsp3) is 0.562. The van der Waals surface area contributed by atoms with Crippen molar-refractivity contribution in [3.63, 3.8) is 0 Å². The van der Waals surface area contributed by atoms with E-state index >= 15 is 0 Å². The topological polar surface area (TPSA) is 58.6 Å². The van der Waals surface area contributed by atoms with Crippen molar-refractivity contribution in [3.8, 4) is 0 Å². The van der Waals surface area contributed by atoms with E-state index in [1.165, 1.54) is 16.7 Å². The number of rotatable bonds is 8. The molecule has 0 aromatic heterocycles. The molecule has 20 heavy (non-hydrogen) atoms. The zero-order chi connectivity index (χ0) is 15.0. The number of ether oxygens (including phenoxy) is 1. The third-order valence-electron chi connectivity index (χ3n) is 3.23. The van der Waals surface area contributed by atoms with Crippen LogP contribution in [0.2, 0.25) is 0 Å². The molecule has 1 aromatic carbocycles. The first-order valence-corrected chi connectivity index (χ1v) is 7.12. The van der Waals surface area contributed by atoms with Crippen LogP contribution in [-0.2, 0) is 16.0 Å². The fourth-order valence-electron chi connectivity index (χ4n) is 2.19. The van der Waals surface area contributed by atoms with Gasteiger partial charge in [0.2, 0.25) is 0 Å². The van der Waals surface area contributed by atoms with Crippen molar-refractivity contribution < 1.29 is 14.6 Å². The van der Waals surface area contributed by atoms with Crippen molar-refractivity contribution in [2.45, 2.75) is 39.7 Å². The van der Waals surface area contributed by atoms with Crippen LogP contribution in [0.3, 0.4) is 0 Å².